The highest BCUT2D eigenvalue weighted by Crippen LogP contribution is 2.53. The molecule has 9 heterocycles. The van der Waals surface area contributed by atoms with Crippen LogP contribution in [0.1, 0.15) is 0 Å². The van der Waals surface area contributed by atoms with E-state index >= 15 is 0 Å². The van der Waals surface area contributed by atoms with Crippen LogP contribution < -0.4 is 51.8 Å². The van der Waals surface area contributed by atoms with Crippen LogP contribution in [0.25, 0.3) is 22.3 Å². The average molecular weight is 602 g/mol. The third-order valence-corrected chi connectivity index (χ3v) is 13.8. The van der Waals surface area contributed by atoms with E-state index < -0.39 is 22.4 Å². The van der Waals surface area contributed by atoms with Crippen LogP contribution in [0.3, 0.4) is 0 Å². The number of hydrogen-bond acceptors (Lipinski definition) is 5. The molecule has 6 aromatic rings. The Morgan fingerprint density at radius 2 is 1.07 bits per heavy atom. The molecule has 200 valence electrons. The summed E-state index contributed by atoms with van der Waals surface area (Å²) in [5.74, 6) is 1.42. The maximum atomic E-state index is 14.4. The summed E-state index contributed by atoms with van der Waals surface area (Å²) in [6.45, 7) is -0.229. The van der Waals surface area contributed by atoms with Crippen molar-refractivity contribution < 1.29 is 23.2 Å². The van der Waals surface area contributed by atoms with Gasteiger partial charge in [0.1, 0.15) is 11.2 Å². The minimum Gasteiger partial charge on any atom is -0.606 e. The average Bonchev–Trinajstić information content (AvgIpc) is 3.59. The monoisotopic (exact) mass is 602 g/mol. The number of hydrogen-bond donors (Lipinski definition) is 0. The summed E-state index contributed by atoms with van der Waals surface area (Å²) < 4.78 is 40.3. The molecule has 2 atom stereocenters. The number of ether oxygens (including phenoxy) is 1. The lowest BCUT2D eigenvalue weighted by Gasteiger charge is -2.43. The van der Waals surface area contributed by atoms with Crippen molar-refractivity contribution in [3.05, 3.63) is 85.7 Å². The number of rotatable bonds is 0. The number of benzene rings is 4. The lowest BCUT2D eigenvalue weighted by Crippen LogP contribution is -2.99. The van der Waals surface area contributed by atoms with Gasteiger partial charge < -0.3 is 13.8 Å². The Hall–Kier alpha value is -4.45. The summed E-state index contributed by atoms with van der Waals surface area (Å²) in [5, 5.41) is 0. The highest BCUT2D eigenvalue weighted by molar-refractivity contribution is 7.92. The molecule has 0 amide bonds. The van der Waals surface area contributed by atoms with Gasteiger partial charge in [-0.15, -0.1) is 0 Å². The van der Waals surface area contributed by atoms with Crippen LogP contribution in [0, 0.1) is 0 Å². The van der Waals surface area contributed by atoms with E-state index in [-0.39, 0.29) is 18.1 Å². The second kappa shape index (κ2) is 6.63. The summed E-state index contributed by atoms with van der Waals surface area (Å²) in [6, 6.07) is 20.2. The molecule has 0 fully saturated rings. The Labute approximate surface area is 256 Å². The van der Waals surface area contributed by atoms with Crippen LogP contribution >= 0.6 is 0 Å². The summed E-state index contributed by atoms with van der Waals surface area (Å²) in [7, 11) is 0. The molecule has 0 radical (unpaired) electrons. The van der Waals surface area contributed by atoms with Gasteiger partial charge >= 0.3 is 26.1 Å². The van der Waals surface area contributed by atoms with Crippen molar-refractivity contribution in [2.24, 2.45) is 0 Å². The quantitative estimate of drug-likeness (QED) is 0.0993. The largest absolute Gasteiger partial charge is 0.606 e. The first-order valence-corrected chi connectivity index (χ1v) is 16.8. The normalized spacial score (nSPS) is 22.5. The van der Waals surface area contributed by atoms with E-state index in [1.54, 1.807) is 0 Å². The van der Waals surface area contributed by atoms with Gasteiger partial charge in [0, 0.05) is 22.4 Å². The Morgan fingerprint density at radius 3 is 1.57 bits per heavy atom. The summed E-state index contributed by atoms with van der Waals surface area (Å²) in [4.78, 5) is 13.1. The number of quaternary nitrogens is 1. The predicted molar refractivity (Wildman–Crippen MR) is 164 cm³/mol. The van der Waals surface area contributed by atoms with E-state index in [4.69, 9.17) is 14.7 Å². The molecule has 7 aliphatic rings. The molecule has 2 unspecified atom stereocenters. The Balaban J connectivity index is 1.32. The minimum absolute atomic E-state index is 0.0808. The van der Waals surface area contributed by atoms with Crippen molar-refractivity contribution in [2.45, 2.75) is 19.6 Å². The van der Waals surface area contributed by atoms with Crippen LogP contribution in [0.5, 0.6) is 11.5 Å². The van der Waals surface area contributed by atoms with Gasteiger partial charge in [-0.25, -0.2) is 0 Å². The second-order valence-corrected chi connectivity index (χ2v) is 15.1. The smallest absolute Gasteiger partial charge is 0.340 e. The molecule has 8 nitrogen and oxygen atoms in total. The standard InChI is InChI=1S/C32H14B2N5O3S2/c40-43-21-5-1-3-15-17-11-35-13-37-31(17)33(25(15)21)27-23(43)9-7-19-29(27)39(37)30-20(42-19)8-10-24-28(30)34-26-16(4-2-6-22(26)44(24)41)18-12-36-14-38(39)32(18)34/h1-14H/q+3. The van der Waals surface area contributed by atoms with Crippen LogP contribution in [-0.2, 0) is 22.4 Å². The zero-order valence-corrected chi connectivity index (χ0v) is 24.1. The third kappa shape index (κ3) is 1.92. The van der Waals surface area contributed by atoms with Crippen molar-refractivity contribution in [1.29, 1.82) is 0 Å². The Kier molecular flexibility index (Phi) is 3.33. The summed E-state index contributed by atoms with van der Waals surface area (Å²) >= 11 is -2.75. The molecule has 1 spiro atoms. The van der Waals surface area contributed by atoms with Crippen molar-refractivity contribution in [3.63, 3.8) is 0 Å². The highest BCUT2D eigenvalue weighted by atomic mass is 32.2. The fourth-order valence-corrected chi connectivity index (χ4v) is 12.4. The van der Waals surface area contributed by atoms with Crippen LogP contribution in [0.2, 0.25) is 0 Å². The van der Waals surface area contributed by atoms with E-state index in [9.17, 15) is 9.11 Å². The molecule has 0 saturated carbocycles. The molecule has 44 heavy (non-hydrogen) atoms. The minimum atomic E-state index is -1.38. The molecule has 2 aromatic heterocycles. The topological polar surface area (TPSA) is 88.9 Å². The zero-order valence-electron chi connectivity index (χ0n) is 22.5. The molecule has 4 aromatic carbocycles. The van der Waals surface area contributed by atoms with E-state index in [1.807, 2.05) is 73.6 Å². The predicted octanol–water partition coefficient (Wildman–Crippen LogP) is -0.697. The molecule has 0 saturated heterocycles. The maximum absolute atomic E-state index is 14.4. The van der Waals surface area contributed by atoms with Gasteiger partial charge in [0.15, 0.2) is 43.5 Å². The molecular formula is C32H14B2N5O3S2+3. The van der Waals surface area contributed by atoms with Gasteiger partial charge in [-0.3, -0.25) is 0 Å². The Morgan fingerprint density at radius 1 is 0.591 bits per heavy atom. The fourth-order valence-electron chi connectivity index (χ4n) is 9.44. The van der Waals surface area contributed by atoms with Crippen molar-refractivity contribution >= 4 is 80.2 Å². The van der Waals surface area contributed by atoms with Crippen LogP contribution in [0.15, 0.2) is 105 Å². The molecule has 0 aliphatic carbocycles. The van der Waals surface area contributed by atoms with E-state index in [1.165, 1.54) is 0 Å². The number of nitrogens with zero attached hydrogens (tertiary/aromatic N) is 5. The first-order valence-electron chi connectivity index (χ1n) is 14.5. The van der Waals surface area contributed by atoms with Gasteiger partial charge in [0.05, 0.1) is 26.8 Å². The maximum Gasteiger partial charge on any atom is 0.340 e. The SMILES string of the molecule is [O-][S+]1c2cccc3c2B2c4c1ccc1c4[N+]4(c5c(ccc6c5B5c7c(cccc7[S+]6[O-])-c6cnc[n+]4c65)O1)[n+]1cncc-3c12. The first-order chi connectivity index (χ1) is 21.7. The van der Waals surface area contributed by atoms with Gasteiger partial charge in [-0.1, -0.05) is 34.2 Å². The number of fused-ring (bicyclic) bond motifs is 2. The third-order valence-electron chi connectivity index (χ3n) is 10.8. The van der Waals surface area contributed by atoms with Crippen molar-refractivity contribution in [1.82, 2.24) is 14.7 Å². The molecule has 12 heteroatoms. The first kappa shape index (κ1) is 22.1. The second-order valence-electron chi connectivity index (χ2n) is 12.3. The Bertz CT molecular complexity index is 2360. The zero-order chi connectivity index (χ0) is 28.4. The van der Waals surface area contributed by atoms with Gasteiger partial charge in [-0.05, 0) is 67.8 Å². The molecule has 7 aliphatic heterocycles. The van der Waals surface area contributed by atoms with Crippen molar-refractivity contribution in [2.75, 3.05) is 0 Å². The molecule has 13 rings (SSSR count). The van der Waals surface area contributed by atoms with Gasteiger partial charge in [0.25, 0.3) is 11.4 Å². The fraction of sp³-hybridized carbons (Fsp3) is 0. The highest BCUT2D eigenvalue weighted by Gasteiger charge is 2.73. The van der Waals surface area contributed by atoms with E-state index in [2.05, 4.69) is 21.5 Å². The number of aromatic nitrogens is 4. The van der Waals surface area contributed by atoms with Crippen molar-refractivity contribution in [3.8, 4) is 33.8 Å². The van der Waals surface area contributed by atoms with Gasteiger partial charge in [-0.2, -0.15) is 0 Å². The van der Waals surface area contributed by atoms with Crippen LogP contribution in [-0.4, -0.2) is 32.5 Å². The van der Waals surface area contributed by atoms with E-state index in [0.717, 1.165) is 86.2 Å². The molecular weight excluding hydrogens is 588 g/mol. The molecule has 0 N–H and O–H groups in total. The lowest BCUT2D eigenvalue weighted by molar-refractivity contribution is -1.03. The van der Waals surface area contributed by atoms with E-state index in [0.29, 0.717) is 11.5 Å². The molecule has 0 bridgehead atoms. The summed E-state index contributed by atoms with van der Waals surface area (Å²) in [5.41, 5.74) is 12.5. The van der Waals surface area contributed by atoms with Crippen LogP contribution in [0.4, 0.5) is 11.4 Å². The van der Waals surface area contributed by atoms with Gasteiger partial charge in [0.2, 0.25) is 0 Å². The summed E-state index contributed by atoms with van der Waals surface area (Å²) in [6.07, 6.45) is 7.73. The lowest BCUT2D eigenvalue weighted by atomic mass is 9.38.